The van der Waals surface area contributed by atoms with Gasteiger partial charge in [-0.15, -0.1) is 0 Å². The third-order valence-corrected chi connectivity index (χ3v) is 3.48. The molecule has 2 heteroatoms. The van der Waals surface area contributed by atoms with Crippen LogP contribution in [0.25, 0.3) is 0 Å². The molecule has 0 spiro atoms. The quantitative estimate of drug-likeness (QED) is 0.649. The van der Waals surface area contributed by atoms with Crippen molar-refractivity contribution < 1.29 is 24.6 Å². The maximum atomic E-state index is 10.5. The van der Waals surface area contributed by atoms with Crippen LogP contribution in [0.1, 0.15) is 19.8 Å². The number of hydrogen-bond donors (Lipinski definition) is 0. The van der Waals surface area contributed by atoms with Gasteiger partial charge in [0, 0.05) is 0 Å². The molecule has 0 fully saturated rings. The number of hydrogen-bond acceptors (Lipinski definition) is 1. The Kier molecular flexibility index (Phi) is 5.30. The molecule has 0 heterocycles. The molecule has 0 aromatic carbocycles. The van der Waals surface area contributed by atoms with Crippen molar-refractivity contribution in [2.45, 2.75) is 28.5 Å². The molecular formula is C5H12OZr. The van der Waals surface area contributed by atoms with Gasteiger partial charge in [0.2, 0.25) is 0 Å². The average Bonchev–Trinajstić information content (AvgIpc) is 1.61. The molecule has 0 aliphatic carbocycles. The van der Waals surface area contributed by atoms with Gasteiger partial charge in [0.25, 0.3) is 0 Å². The van der Waals surface area contributed by atoms with Crippen molar-refractivity contribution in [2.75, 3.05) is 0 Å². The van der Waals surface area contributed by atoms with Crippen LogP contribution in [0.2, 0.25) is 8.76 Å². The van der Waals surface area contributed by atoms with E-state index in [2.05, 4.69) is 6.92 Å². The zero-order valence-electron chi connectivity index (χ0n) is 5.03. The van der Waals surface area contributed by atoms with Crippen LogP contribution < -0.4 is 0 Å². The molecule has 0 rings (SSSR count). The predicted molar refractivity (Wildman–Crippen MR) is 26.3 cm³/mol. The van der Waals surface area contributed by atoms with Crippen LogP contribution in [0.3, 0.4) is 0 Å². The van der Waals surface area contributed by atoms with E-state index in [0.717, 1.165) is 4.13 Å². The van der Waals surface area contributed by atoms with Crippen molar-refractivity contribution in [3.63, 3.8) is 0 Å². The third kappa shape index (κ3) is 6.68. The molecule has 1 nitrogen and oxygen atoms in total. The first-order valence-electron chi connectivity index (χ1n) is 2.76. The Hall–Kier alpha value is 0.683. The van der Waals surface area contributed by atoms with Crippen LogP contribution >= 0.6 is 0 Å². The van der Waals surface area contributed by atoms with E-state index in [1.165, 1.54) is 12.8 Å². The molecule has 0 radical (unpaired) electrons. The monoisotopic (exact) mass is 178 g/mol. The first kappa shape index (κ1) is 7.68. The SMILES string of the molecule is CCC[CH2][Zr]([CH3])=[O]. The molecule has 0 atom stereocenters. The summed E-state index contributed by atoms with van der Waals surface area (Å²) >= 11 is -1.89. The Balaban J connectivity index is 2.82. The van der Waals surface area contributed by atoms with E-state index < -0.39 is 21.8 Å². The second-order valence-electron chi connectivity index (χ2n) is 1.81. The number of unbranched alkanes of at least 4 members (excludes halogenated alkanes) is 1. The van der Waals surface area contributed by atoms with Crippen molar-refractivity contribution in [2.24, 2.45) is 0 Å². The van der Waals surface area contributed by atoms with E-state index in [4.69, 9.17) is 0 Å². The van der Waals surface area contributed by atoms with E-state index in [-0.39, 0.29) is 0 Å². The van der Waals surface area contributed by atoms with Crippen molar-refractivity contribution in [1.82, 2.24) is 0 Å². The van der Waals surface area contributed by atoms with Crippen LogP contribution in [0.5, 0.6) is 0 Å². The number of rotatable bonds is 3. The normalized spacial score (nSPS) is 8.86. The fraction of sp³-hybridized carbons (Fsp3) is 1.00. The maximum absolute atomic E-state index is 10.5. The van der Waals surface area contributed by atoms with E-state index in [0.29, 0.717) is 0 Å². The molecule has 0 aromatic heterocycles. The van der Waals surface area contributed by atoms with Crippen molar-refractivity contribution >= 4 is 0 Å². The van der Waals surface area contributed by atoms with Crippen LogP contribution in [0.4, 0.5) is 0 Å². The predicted octanol–water partition coefficient (Wildman–Crippen LogP) is 2.22. The van der Waals surface area contributed by atoms with Crippen LogP contribution in [0.15, 0.2) is 0 Å². The van der Waals surface area contributed by atoms with Crippen molar-refractivity contribution in [1.29, 1.82) is 0 Å². The molecule has 0 amide bonds. The Morgan fingerprint density at radius 1 is 1.57 bits per heavy atom. The van der Waals surface area contributed by atoms with Crippen molar-refractivity contribution in [3.05, 3.63) is 0 Å². The first-order chi connectivity index (χ1) is 3.27. The minimum absolute atomic E-state index is 1.04. The first-order valence-corrected chi connectivity index (χ1v) is 7.96. The average molecular weight is 179 g/mol. The molecule has 0 aromatic rings. The van der Waals surface area contributed by atoms with Crippen LogP contribution in [-0.4, -0.2) is 0 Å². The fourth-order valence-corrected chi connectivity index (χ4v) is 2.52. The van der Waals surface area contributed by atoms with Gasteiger partial charge in [-0.25, -0.2) is 0 Å². The molecule has 0 saturated heterocycles. The summed E-state index contributed by atoms with van der Waals surface area (Å²) in [6.45, 7) is 2.13. The third-order valence-electron chi connectivity index (χ3n) is 0.882. The summed E-state index contributed by atoms with van der Waals surface area (Å²) in [6, 6.07) is 0. The molecule has 0 saturated carbocycles. The van der Waals surface area contributed by atoms with Crippen LogP contribution in [-0.2, 0) is 24.6 Å². The van der Waals surface area contributed by atoms with Crippen LogP contribution in [0, 0.1) is 0 Å². The zero-order valence-corrected chi connectivity index (χ0v) is 7.49. The van der Waals surface area contributed by atoms with Gasteiger partial charge >= 0.3 is 53.1 Å². The molecular weight excluding hydrogens is 167 g/mol. The van der Waals surface area contributed by atoms with Gasteiger partial charge in [0.15, 0.2) is 0 Å². The molecule has 0 aliphatic rings. The Labute approximate surface area is 53.2 Å². The molecule has 0 aliphatic heterocycles. The summed E-state index contributed by atoms with van der Waals surface area (Å²) in [4.78, 5) is 0. The van der Waals surface area contributed by atoms with Gasteiger partial charge in [-0.3, -0.25) is 0 Å². The Morgan fingerprint density at radius 2 is 2.14 bits per heavy atom. The van der Waals surface area contributed by atoms with Gasteiger partial charge in [0.1, 0.15) is 0 Å². The summed E-state index contributed by atoms with van der Waals surface area (Å²) in [5, 5.41) is 0. The zero-order chi connectivity index (χ0) is 5.70. The van der Waals surface area contributed by atoms with E-state index in [1.807, 2.05) is 4.63 Å². The summed E-state index contributed by atoms with van der Waals surface area (Å²) in [7, 11) is 0. The fourth-order valence-electron chi connectivity index (χ4n) is 0.426. The second-order valence-corrected chi connectivity index (χ2v) is 6.49. The van der Waals surface area contributed by atoms with E-state index >= 15 is 0 Å². The standard InChI is InChI=1S/C4H9.CH3.O.Zr/c1-3-4-2;;;/h1,3-4H2,2H3;1H3;;. The van der Waals surface area contributed by atoms with Gasteiger partial charge in [-0.1, -0.05) is 0 Å². The summed E-state index contributed by atoms with van der Waals surface area (Å²) in [5.74, 6) is 0. The molecule has 7 heavy (non-hydrogen) atoms. The summed E-state index contributed by atoms with van der Waals surface area (Å²) in [6.07, 6.45) is 2.37. The second kappa shape index (κ2) is 4.83. The van der Waals surface area contributed by atoms with E-state index in [9.17, 15) is 2.81 Å². The van der Waals surface area contributed by atoms with Crippen molar-refractivity contribution in [3.8, 4) is 0 Å². The van der Waals surface area contributed by atoms with Gasteiger partial charge in [-0.05, 0) is 0 Å². The summed E-state index contributed by atoms with van der Waals surface area (Å²) in [5.41, 5.74) is 0. The molecule has 42 valence electrons. The van der Waals surface area contributed by atoms with Gasteiger partial charge in [0.05, 0.1) is 0 Å². The Bertz CT molecular complexity index is 61.1. The molecule has 0 bridgehead atoms. The van der Waals surface area contributed by atoms with E-state index in [1.54, 1.807) is 0 Å². The summed E-state index contributed by atoms with van der Waals surface area (Å²) < 4.78 is 13.4. The minimum atomic E-state index is -1.89. The molecule has 0 N–H and O–H groups in total. The van der Waals surface area contributed by atoms with Gasteiger partial charge < -0.3 is 0 Å². The topological polar surface area (TPSA) is 17.1 Å². The molecule has 0 unspecified atom stereocenters. The van der Waals surface area contributed by atoms with Gasteiger partial charge in [-0.2, -0.15) is 0 Å². The Morgan fingerprint density at radius 3 is 2.29 bits per heavy atom.